The first-order valence-electron chi connectivity index (χ1n) is 5.86. The minimum Gasteiger partial charge on any atom is -0.356 e. The van der Waals surface area contributed by atoms with Gasteiger partial charge in [0.05, 0.1) is 5.69 Å². The van der Waals surface area contributed by atoms with E-state index in [-0.39, 0.29) is 5.91 Å². The highest BCUT2D eigenvalue weighted by atomic mass is 16.1. The van der Waals surface area contributed by atoms with Crippen LogP contribution in [0, 0.1) is 0 Å². The number of carbonyl (C=O) groups is 1. The van der Waals surface area contributed by atoms with Crippen LogP contribution in [0.1, 0.15) is 13.8 Å². The molecule has 2 aromatic rings. The summed E-state index contributed by atoms with van der Waals surface area (Å²) in [5.74, 6) is 0.710. The SMILES string of the molecule is CCNc1nccn1-c1cccc(NC(C)=O)c1. The number of nitrogens with one attached hydrogen (secondary N) is 2. The van der Waals surface area contributed by atoms with Crippen molar-refractivity contribution in [3.8, 4) is 5.69 Å². The van der Waals surface area contributed by atoms with Gasteiger partial charge >= 0.3 is 0 Å². The summed E-state index contributed by atoms with van der Waals surface area (Å²) in [5.41, 5.74) is 1.73. The average molecular weight is 244 g/mol. The first kappa shape index (κ1) is 12.2. The van der Waals surface area contributed by atoms with Crippen LogP contribution in [0.25, 0.3) is 5.69 Å². The molecule has 0 saturated heterocycles. The maximum absolute atomic E-state index is 11.0. The Morgan fingerprint density at radius 2 is 2.28 bits per heavy atom. The molecule has 0 spiro atoms. The smallest absolute Gasteiger partial charge is 0.221 e. The fourth-order valence-corrected chi connectivity index (χ4v) is 1.74. The monoisotopic (exact) mass is 244 g/mol. The van der Waals surface area contributed by atoms with Gasteiger partial charge in [-0.15, -0.1) is 0 Å². The molecule has 0 aliphatic heterocycles. The molecule has 0 radical (unpaired) electrons. The lowest BCUT2D eigenvalue weighted by Crippen LogP contribution is -2.07. The zero-order valence-electron chi connectivity index (χ0n) is 10.5. The van der Waals surface area contributed by atoms with Gasteiger partial charge in [-0.25, -0.2) is 4.98 Å². The van der Waals surface area contributed by atoms with E-state index < -0.39 is 0 Å². The van der Waals surface area contributed by atoms with E-state index in [0.717, 1.165) is 23.9 Å². The van der Waals surface area contributed by atoms with Crippen molar-refractivity contribution in [2.75, 3.05) is 17.2 Å². The van der Waals surface area contributed by atoms with E-state index in [9.17, 15) is 4.79 Å². The third-order valence-corrected chi connectivity index (χ3v) is 2.42. The van der Waals surface area contributed by atoms with Crippen molar-refractivity contribution in [2.24, 2.45) is 0 Å². The van der Waals surface area contributed by atoms with Gasteiger partial charge in [0.2, 0.25) is 11.9 Å². The molecule has 94 valence electrons. The number of benzene rings is 1. The largest absolute Gasteiger partial charge is 0.356 e. The second-order valence-corrected chi connectivity index (χ2v) is 3.88. The standard InChI is InChI=1S/C13H16N4O/c1-3-14-13-15-7-8-17(13)12-6-4-5-11(9-12)16-10(2)18/h4-9H,3H2,1-2H3,(H,14,15)(H,16,18). The van der Waals surface area contributed by atoms with E-state index in [2.05, 4.69) is 15.6 Å². The fraction of sp³-hybridized carbons (Fsp3) is 0.231. The molecule has 1 amide bonds. The van der Waals surface area contributed by atoms with Crippen molar-refractivity contribution in [1.29, 1.82) is 0 Å². The van der Waals surface area contributed by atoms with Gasteiger partial charge in [-0.3, -0.25) is 9.36 Å². The Labute approximate surface area is 106 Å². The summed E-state index contributed by atoms with van der Waals surface area (Å²) in [5, 5.41) is 5.94. The highest BCUT2D eigenvalue weighted by molar-refractivity contribution is 5.88. The molecule has 0 unspecified atom stereocenters. The van der Waals surface area contributed by atoms with Gasteiger partial charge in [0.1, 0.15) is 0 Å². The van der Waals surface area contributed by atoms with E-state index in [0.29, 0.717) is 0 Å². The fourth-order valence-electron chi connectivity index (χ4n) is 1.74. The van der Waals surface area contributed by atoms with E-state index in [1.165, 1.54) is 6.92 Å². The van der Waals surface area contributed by atoms with Crippen LogP contribution >= 0.6 is 0 Å². The molecular formula is C13H16N4O. The molecule has 1 aromatic carbocycles. The Kier molecular flexibility index (Phi) is 3.62. The summed E-state index contributed by atoms with van der Waals surface area (Å²) in [6.07, 6.45) is 3.62. The van der Waals surface area contributed by atoms with Crippen LogP contribution in [0.2, 0.25) is 0 Å². The van der Waals surface area contributed by atoms with Gasteiger partial charge in [0, 0.05) is 31.5 Å². The van der Waals surface area contributed by atoms with Crippen LogP contribution in [0.3, 0.4) is 0 Å². The molecular weight excluding hydrogens is 228 g/mol. The zero-order chi connectivity index (χ0) is 13.0. The van der Waals surface area contributed by atoms with Crippen LogP contribution in [0.15, 0.2) is 36.7 Å². The van der Waals surface area contributed by atoms with Gasteiger partial charge in [0.25, 0.3) is 0 Å². The molecule has 0 bridgehead atoms. The summed E-state index contributed by atoms with van der Waals surface area (Å²) < 4.78 is 1.94. The maximum atomic E-state index is 11.0. The minimum atomic E-state index is -0.0790. The summed E-state index contributed by atoms with van der Waals surface area (Å²) in [4.78, 5) is 15.3. The summed E-state index contributed by atoms with van der Waals surface area (Å²) in [7, 11) is 0. The Balaban J connectivity index is 2.32. The molecule has 5 nitrogen and oxygen atoms in total. The van der Waals surface area contributed by atoms with Crippen molar-refractivity contribution in [1.82, 2.24) is 9.55 Å². The molecule has 0 atom stereocenters. The third-order valence-electron chi connectivity index (χ3n) is 2.42. The van der Waals surface area contributed by atoms with E-state index in [4.69, 9.17) is 0 Å². The van der Waals surface area contributed by atoms with Gasteiger partial charge < -0.3 is 10.6 Å². The molecule has 18 heavy (non-hydrogen) atoms. The first-order chi connectivity index (χ1) is 8.70. The number of aromatic nitrogens is 2. The molecule has 2 N–H and O–H groups in total. The van der Waals surface area contributed by atoms with Crippen molar-refractivity contribution in [3.05, 3.63) is 36.7 Å². The number of carbonyl (C=O) groups excluding carboxylic acids is 1. The number of rotatable bonds is 4. The lowest BCUT2D eigenvalue weighted by Gasteiger charge is -2.10. The van der Waals surface area contributed by atoms with E-state index >= 15 is 0 Å². The van der Waals surface area contributed by atoms with Crippen LogP contribution in [0.4, 0.5) is 11.6 Å². The van der Waals surface area contributed by atoms with Gasteiger partial charge in [0.15, 0.2) is 0 Å². The number of amides is 1. The van der Waals surface area contributed by atoms with Crippen LogP contribution in [-0.4, -0.2) is 22.0 Å². The van der Waals surface area contributed by atoms with Gasteiger partial charge in [-0.05, 0) is 25.1 Å². The van der Waals surface area contributed by atoms with Crippen molar-refractivity contribution >= 4 is 17.5 Å². The first-order valence-corrected chi connectivity index (χ1v) is 5.86. The average Bonchev–Trinajstić information content (AvgIpc) is 2.77. The van der Waals surface area contributed by atoms with E-state index in [1.54, 1.807) is 6.20 Å². The molecule has 0 aliphatic rings. The Morgan fingerprint density at radius 3 is 3.00 bits per heavy atom. The lowest BCUT2D eigenvalue weighted by molar-refractivity contribution is -0.114. The van der Waals surface area contributed by atoms with Crippen LogP contribution in [-0.2, 0) is 4.79 Å². The molecule has 2 rings (SSSR count). The molecule has 1 aromatic heterocycles. The van der Waals surface area contributed by atoms with Crippen LogP contribution < -0.4 is 10.6 Å². The normalized spacial score (nSPS) is 10.1. The van der Waals surface area contributed by atoms with Gasteiger partial charge in [-0.1, -0.05) is 6.07 Å². The molecule has 5 heteroatoms. The topological polar surface area (TPSA) is 59.0 Å². The predicted octanol–water partition coefficient (Wildman–Crippen LogP) is 2.26. The maximum Gasteiger partial charge on any atom is 0.221 e. The molecule has 0 saturated carbocycles. The van der Waals surface area contributed by atoms with Crippen LogP contribution in [0.5, 0.6) is 0 Å². The van der Waals surface area contributed by atoms with Crippen molar-refractivity contribution in [3.63, 3.8) is 0 Å². The van der Waals surface area contributed by atoms with E-state index in [1.807, 2.05) is 42.0 Å². The summed E-state index contributed by atoms with van der Waals surface area (Å²) >= 11 is 0. The van der Waals surface area contributed by atoms with Gasteiger partial charge in [-0.2, -0.15) is 0 Å². The second kappa shape index (κ2) is 5.35. The molecule has 0 fully saturated rings. The highest BCUT2D eigenvalue weighted by Gasteiger charge is 2.04. The Morgan fingerprint density at radius 1 is 1.44 bits per heavy atom. The number of hydrogen-bond acceptors (Lipinski definition) is 3. The number of anilines is 2. The highest BCUT2D eigenvalue weighted by Crippen LogP contribution is 2.18. The Hall–Kier alpha value is -2.30. The number of hydrogen-bond donors (Lipinski definition) is 2. The summed E-state index contributed by atoms with van der Waals surface area (Å²) in [6.45, 7) is 4.32. The lowest BCUT2D eigenvalue weighted by atomic mass is 10.2. The van der Waals surface area contributed by atoms with Crippen molar-refractivity contribution < 1.29 is 4.79 Å². The second-order valence-electron chi connectivity index (χ2n) is 3.88. The number of imidazole rings is 1. The summed E-state index contributed by atoms with van der Waals surface area (Å²) in [6, 6.07) is 7.63. The molecule has 0 aliphatic carbocycles. The number of nitrogens with zero attached hydrogens (tertiary/aromatic N) is 2. The predicted molar refractivity (Wildman–Crippen MR) is 72.0 cm³/mol. The molecule has 1 heterocycles. The zero-order valence-corrected chi connectivity index (χ0v) is 10.5. The quantitative estimate of drug-likeness (QED) is 0.867. The third kappa shape index (κ3) is 2.68. The Bertz CT molecular complexity index is 547. The minimum absolute atomic E-state index is 0.0790. The van der Waals surface area contributed by atoms with Crippen molar-refractivity contribution in [2.45, 2.75) is 13.8 Å².